The highest BCUT2D eigenvalue weighted by Gasteiger charge is 2.50. The Bertz CT molecular complexity index is 842. The Balaban J connectivity index is 1.43. The summed E-state index contributed by atoms with van der Waals surface area (Å²) < 4.78 is 0. The van der Waals surface area contributed by atoms with Crippen molar-refractivity contribution in [1.82, 2.24) is 0 Å². The summed E-state index contributed by atoms with van der Waals surface area (Å²) >= 11 is 0. The van der Waals surface area contributed by atoms with Gasteiger partial charge in [0, 0.05) is 13.0 Å². The zero-order valence-corrected chi connectivity index (χ0v) is 26.2. The fourth-order valence-corrected chi connectivity index (χ4v) is 8.49. The Hall–Kier alpha value is -0.940. The molecule has 4 N–H and O–H groups in total. The van der Waals surface area contributed by atoms with E-state index < -0.39 is 17.8 Å². The second kappa shape index (κ2) is 16.1. The molecule has 4 heteroatoms. The Kier molecular flexibility index (Phi) is 13.5. The smallest absolute Gasteiger partial charge is 0.0811 e. The van der Waals surface area contributed by atoms with Gasteiger partial charge in [-0.1, -0.05) is 95.9 Å². The normalized spacial score (nSPS) is 33.3. The lowest BCUT2D eigenvalue weighted by atomic mass is 9.60. The van der Waals surface area contributed by atoms with Crippen molar-refractivity contribution in [3.63, 3.8) is 0 Å². The van der Waals surface area contributed by atoms with Crippen molar-refractivity contribution in [1.29, 1.82) is 0 Å². The van der Waals surface area contributed by atoms with Crippen LogP contribution in [0.1, 0.15) is 143 Å². The van der Waals surface area contributed by atoms with Crippen LogP contribution >= 0.6 is 0 Å². The van der Waals surface area contributed by atoms with Gasteiger partial charge < -0.3 is 20.4 Å². The number of fused-ring (bicyclic) bond motifs is 1. The van der Waals surface area contributed by atoms with Crippen molar-refractivity contribution in [3.8, 4) is 0 Å². The highest BCUT2D eigenvalue weighted by molar-refractivity contribution is 5.38. The molecule has 0 aromatic rings. The van der Waals surface area contributed by atoms with E-state index in [1.807, 2.05) is 6.92 Å². The van der Waals surface area contributed by atoms with E-state index in [2.05, 4.69) is 32.6 Å². The van der Waals surface area contributed by atoms with Crippen LogP contribution < -0.4 is 0 Å². The summed E-state index contributed by atoms with van der Waals surface area (Å²) in [6.07, 6.45) is 24.3. The molecule has 7 atom stereocenters. The maximum Gasteiger partial charge on any atom is 0.0811 e. The van der Waals surface area contributed by atoms with E-state index in [0.717, 1.165) is 62.0 Å². The highest BCUT2D eigenvalue weighted by atomic mass is 16.3. The van der Waals surface area contributed by atoms with Crippen molar-refractivity contribution in [2.45, 2.75) is 161 Å². The Morgan fingerprint density at radius 1 is 0.975 bits per heavy atom. The molecule has 3 rings (SSSR count). The van der Waals surface area contributed by atoms with Gasteiger partial charge in [-0.15, -0.1) is 0 Å². The summed E-state index contributed by atoms with van der Waals surface area (Å²) in [4.78, 5) is 0. The summed E-state index contributed by atoms with van der Waals surface area (Å²) in [5.41, 5.74) is 3.16. The van der Waals surface area contributed by atoms with Gasteiger partial charge >= 0.3 is 0 Å². The molecular formula is C36H62O4. The van der Waals surface area contributed by atoms with Crippen LogP contribution in [-0.2, 0) is 0 Å². The molecule has 0 bridgehead atoms. The van der Waals surface area contributed by atoms with Crippen LogP contribution in [0.4, 0.5) is 0 Å². The van der Waals surface area contributed by atoms with Gasteiger partial charge in [0.1, 0.15) is 0 Å². The largest absolute Gasteiger partial charge is 0.396 e. The van der Waals surface area contributed by atoms with Crippen LogP contribution in [0.15, 0.2) is 35.5 Å². The highest BCUT2D eigenvalue weighted by Crippen LogP contribution is 2.60. The van der Waals surface area contributed by atoms with Crippen LogP contribution in [0.2, 0.25) is 0 Å². The summed E-state index contributed by atoms with van der Waals surface area (Å²) in [5.74, 6) is 2.05. The van der Waals surface area contributed by atoms with E-state index in [1.54, 1.807) is 5.57 Å². The topological polar surface area (TPSA) is 80.9 Å². The zero-order chi connectivity index (χ0) is 29.2. The van der Waals surface area contributed by atoms with Gasteiger partial charge in [-0.05, 0) is 99.0 Å². The quantitative estimate of drug-likeness (QED) is 0.144. The van der Waals surface area contributed by atoms with Crippen molar-refractivity contribution in [2.75, 3.05) is 6.61 Å². The van der Waals surface area contributed by atoms with Gasteiger partial charge in [-0.25, -0.2) is 0 Å². The van der Waals surface area contributed by atoms with Gasteiger partial charge in [-0.3, -0.25) is 0 Å². The Morgan fingerprint density at radius 2 is 1.62 bits per heavy atom. The van der Waals surface area contributed by atoms with E-state index in [4.69, 9.17) is 5.11 Å². The first-order chi connectivity index (χ1) is 19.1. The average Bonchev–Trinajstić information content (AvgIpc) is 3.26. The second-order valence-corrected chi connectivity index (χ2v) is 14.3. The molecule has 0 saturated heterocycles. The third-order valence-electron chi connectivity index (χ3n) is 11.0. The first kappa shape index (κ1) is 33.6. The number of aliphatic hydroxyl groups is 4. The average molecular weight is 559 g/mol. The molecule has 0 spiro atoms. The van der Waals surface area contributed by atoms with Gasteiger partial charge in [0.05, 0.1) is 17.8 Å². The van der Waals surface area contributed by atoms with Crippen LogP contribution in [0.5, 0.6) is 0 Å². The third-order valence-corrected chi connectivity index (χ3v) is 11.0. The number of unbranched alkanes of at least 4 members (excludes halogenated alkanes) is 7. The lowest BCUT2D eigenvalue weighted by Crippen LogP contribution is -2.36. The van der Waals surface area contributed by atoms with E-state index in [9.17, 15) is 15.3 Å². The molecule has 3 aliphatic rings. The maximum atomic E-state index is 11.0. The van der Waals surface area contributed by atoms with Crippen molar-refractivity contribution >= 4 is 0 Å². The minimum absolute atomic E-state index is 0.322. The van der Waals surface area contributed by atoms with E-state index in [-0.39, 0.29) is 0 Å². The maximum absolute atomic E-state index is 11.0. The predicted molar refractivity (Wildman–Crippen MR) is 167 cm³/mol. The summed E-state index contributed by atoms with van der Waals surface area (Å²) in [6.45, 7) is 11.5. The molecular weight excluding hydrogens is 496 g/mol. The molecule has 40 heavy (non-hydrogen) atoms. The number of hydrogen-bond donors (Lipinski definition) is 4. The van der Waals surface area contributed by atoms with E-state index in [0.29, 0.717) is 36.7 Å². The van der Waals surface area contributed by atoms with E-state index >= 15 is 0 Å². The van der Waals surface area contributed by atoms with Crippen molar-refractivity contribution in [3.05, 3.63) is 35.5 Å². The van der Waals surface area contributed by atoms with Gasteiger partial charge in [0.2, 0.25) is 0 Å². The molecule has 3 saturated carbocycles. The fraction of sp³-hybridized carbons (Fsp3) is 0.833. The molecule has 0 aromatic carbocycles. The molecule has 0 aromatic heterocycles. The van der Waals surface area contributed by atoms with Gasteiger partial charge in [0.25, 0.3) is 0 Å². The van der Waals surface area contributed by atoms with E-state index in [1.165, 1.54) is 64.2 Å². The van der Waals surface area contributed by atoms with Crippen LogP contribution in [-0.4, -0.2) is 44.8 Å². The fourth-order valence-electron chi connectivity index (χ4n) is 8.49. The zero-order valence-electron chi connectivity index (χ0n) is 26.2. The Labute approximate surface area is 246 Å². The lowest BCUT2D eigenvalue weighted by Gasteiger charge is -2.44. The van der Waals surface area contributed by atoms with Crippen LogP contribution in [0, 0.1) is 23.2 Å². The van der Waals surface area contributed by atoms with Gasteiger partial charge in [-0.2, -0.15) is 0 Å². The molecule has 0 heterocycles. The molecule has 0 amide bonds. The molecule has 4 nitrogen and oxygen atoms in total. The number of aliphatic hydroxyl groups excluding tert-OH is 3. The molecule has 230 valence electrons. The SMILES string of the molecule is C=C1/C(=C\C=C2/CCC[C@]3(C)[C@@H]([C@H](C)CCCC(C)(O)CCCCCCCCCCO)CC[C@@H]23)C[C@H](O)C[C@H]1O. The Morgan fingerprint density at radius 3 is 2.33 bits per heavy atom. The first-order valence-electron chi connectivity index (χ1n) is 16.9. The van der Waals surface area contributed by atoms with Crippen LogP contribution in [0.25, 0.3) is 0 Å². The van der Waals surface area contributed by atoms with Crippen molar-refractivity contribution < 1.29 is 20.4 Å². The first-order valence-corrected chi connectivity index (χ1v) is 16.9. The monoisotopic (exact) mass is 558 g/mol. The summed E-state index contributed by atoms with van der Waals surface area (Å²) in [6, 6.07) is 0. The summed E-state index contributed by atoms with van der Waals surface area (Å²) in [7, 11) is 0. The number of rotatable bonds is 16. The molecule has 3 fully saturated rings. The molecule has 0 aliphatic heterocycles. The second-order valence-electron chi connectivity index (χ2n) is 14.3. The van der Waals surface area contributed by atoms with Crippen LogP contribution in [0.3, 0.4) is 0 Å². The lowest BCUT2D eigenvalue weighted by molar-refractivity contribution is 0.0324. The minimum atomic E-state index is -0.624. The minimum Gasteiger partial charge on any atom is -0.396 e. The summed E-state index contributed by atoms with van der Waals surface area (Å²) in [5, 5.41) is 40.2. The predicted octanol–water partition coefficient (Wildman–Crippen LogP) is 8.19. The number of hydrogen-bond acceptors (Lipinski definition) is 4. The molecule has 1 unspecified atom stereocenters. The molecule has 0 radical (unpaired) electrons. The molecule has 3 aliphatic carbocycles. The standard InChI is InChI=1S/C36H62O4/c1-27(15-13-22-35(3,40)21-11-9-7-5-6-8-10-12-24-37)32-19-20-33-29(16-14-23-36(32,33)4)17-18-30-25-31(38)26-34(39)28(30)2/h17-18,27,31-34,37-40H,2,5-16,19-26H2,1,3-4H3/b29-17+,30-18-/t27-,31+,32-,33+,34-,35?,36-/m1/s1. The third kappa shape index (κ3) is 9.54. The van der Waals surface area contributed by atoms with Gasteiger partial charge in [0.15, 0.2) is 0 Å². The van der Waals surface area contributed by atoms with Crippen molar-refractivity contribution in [2.24, 2.45) is 23.2 Å². The number of allylic oxidation sites excluding steroid dienone is 3.